The molecule has 0 atom stereocenters. The number of H-pyrrole nitrogens is 1. The van der Waals surface area contributed by atoms with Crippen molar-refractivity contribution in [1.82, 2.24) is 20.2 Å². The van der Waals surface area contributed by atoms with Gasteiger partial charge in [0.2, 0.25) is 0 Å². The molecule has 20 heavy (non-hydrogen) atoms. The Hall–Kier alpha value is -2.08. The second kappa shape index (κ2) is 5.50. The van der Waals surface area contributed by atoms with Crippen LogP contribution in [-0.2, 0) is 6.42 Å². The molecule has 2 amide bonds. The third-order valence-electron chi connectivity index (χ3n) is 3.52. The Morgan fingerprint density at radius 2 is 2.20 bits per heavy atom. The van der Waals surface area contributed by atoms with Crippen LogP contribution < -0.4 is 10.6 Å². The number of anilines is 1. The van der Waals surface area contributed by atoms with Gasteiger partial charge in [0.15, 0.2) is 0 Å². The minimum Gasteiger partial charge on any atom is -0.342 e. The van der Waals surface area contributed by atoms with Crippen LogP contribution in [-0.4, -0.2) is 47.1 Å². The van der Waals surface area contributed by atoms with Gasteiger partial charge in [-0.2, -0.15) is 0 Å². The Kier molecular flexibility index (Phi) is 3.56. The summed E-state index contributed by atoms with van der Waals surface area (Å²) in [6.07, 6.45) is 0.872. The van der Waals surface area contributed by atoms with Gasteiger partial charge in [-0.1, -0.05) is 6.92 Å². The van der Waals surface area contributed by atoms with E-state index in [1.807, 2.05) is 23.1 Å². The molecule has 6 heteroatoms. The van der Waals surface area contributed by atoms with Gasteiger partial charge in [0, 0.05) is 38.3 Å². The Labute approximate surface area is 117 Å². The van der Waals surface area contributed by atoms with Crippen molar-refractivity contribution in [3.8, 4) is 0 Å². The highest BCUT2D eigenvalue weighted by Crippen LogP contribution is 2.18. The van der Waals surface area contributed by atoms with Gasteiger partial charge in [-0.25, -0.2) is 9.78 Å². The number of hydrogen-bond acceptors (Lipinski definition) is 3. The zero-order valence-corrected chi connectivity index (χ0v) is 11.6. The number of fused-ring (bicyclic) bond motifs is 1. The van der Waals surface area contributed by atoms with Crippen LogP contribution >= 0.6 is 0 Å². The van der Waals surface area contributed by atoms with E-state index in [4.69, 9.17) is 0 Å². The number of carbonyl (C=O) groups is 1. The van der Waals surface area contributed by atoms with Crippen molar-refractivity contribution in [1.29, 1.82) is 0 Å². The monoisotopic (exact) mass is 273 g/mol. The highest BCUT2D eigenvalue weighted by molar-refractivity contribution is 5.92. The molecule has 6 nitrogen and oxygen atoms in total. The first-order valence-electron chi connectivity index (χ1n) is 7.01. The highest BCUT2D eigenvalue weighted by Gasteiger charge is 2.16. The van der Waals surface area contributed by atoms with E-state index < -0.39 is 0 Å². The molecule has 106 valence electrons. The van der Waals surface area contributed by atoms with E-state index in [9.17, 15) is 4.79 Å². The quantitative estimate of drug-likeness (QED) is 0.777. The normalized spacial score (nSPS) is 15.6. The molecule has 1 aliphatic rings. The van der Waals surface area contributed by atoms with Gasteiger partial charge >= 0.3 is 6.03 Å². The second-order valence-electron chi connectivity index (χ2n) is 4.94. The van der Waals surface area contributed by atoms with Gasteiger partial charge in [-0.3, -0.25) is 0 Å². The maximum Gasteiger partial charge on any atom is 0.321 e. The summed E-state index contributed by atoms with van der Waals surface area (Å²) in [5.41, 5.74) is 2.69. The lowest BCUT2D eigenvalue weighted by Gasteiger charge is -2.27. The summed E-state index contributed by atoms with van der Waals surface area (Å²) < 4.78 is 0. The van der Waals surface area contributed by atoms with Gasteiger partial charge in [0.1, 0.15) is 5.82 Å². The Bertz CT molecular complexity index is 615. The molecule has 2 aromatic rings. The maximum absolute atomic E-state index is 12.1. The number of aryl methyl sites for hydroxylation is 1. The predicted octanol–water partition coefficient (Wildman–Crippen LogP) is 1.56. The van der Waals surface area contributed by atoms with Crippen molar-refractivity contribution < 1.29 is 4.79 Å². The SMILES string of the molecule is CCc1nc2ccc(NC(=O)N3CCNCC3)cc2[nH]1. The predicted molar refractivity (Wildman–Crippen MR) is 78.9 cm³/mol. The molecule has 0 spiro atoms. The van der Waals surface area contributed by atoms with Crippen molar-refractivity contribution in [3.05, 3.63) is 24.0 Å². The Morgan fingerprint density at radius 3 is 2.95 bits per heavy atom. The van der Waals surface area contributed by atoms with Crippen LogP contribution in [0.2, 0.25) is 0 Å². The molecule has 0 aliphatic carbocycles. The van der Waals surface area contributed by atoms with E-state index in [1.165, 1.54) is 0 Å². The largest absolute Gasteiger partial charge is 0.342 e. The zero-order chi connectivity index (χ0) is 13.9. The van der Waals surface area contributed by atoms with Gasteiger partial charge in [0.05, 0.1) is 11.0 Å². The molecule has 3 N–H and O–H groups in total. The first kappa shape index (κ1) is 12.9. The average molecular weight is 273 g/mol. The number of imidazole rings is 1. The van der Waals surface area contributed by atoms with E-state index in [0.717, 1.165) is 55.1 Å². The van der Waals surface area contributed by atoms with Crippen LogP contribution in [0, 0.1) is 0 Å². The molecule has 3 rings (SSSR count). The number of nitrogens with one attached hydrogen (secondary N) is 3. The number of amides is 2. The van der Waals surface area contributed by atoms with Crippen molar-refractivity contribution in [2.75, 3.05) is 31.5 Å². The summed E-state index contributed by atoms with van der Waals surface area (Å²) in [6.45, 7) is 5.26. The minimum atomic E-state index is -0.0407. The van der Waals surface area contributed by atoms with Crippen molar-refractivity contribution in [3.63, 3.8) is 0 Å². The van der Waals surface area contributed by atoms with Gasteiger partial charge < -0.3 is 20.5 Å². The summed E-state index contributed by atoms with van der Waals surface area (Å²) >= 11 is 0. The summed E-state index contributed by atoms with van der Waals surface area (Å²) in [6, 6.07) is 5.71. The fourth-order valence-electron chi connectivity index (χ4n) is 2.38. The van der Waals surface area contributed by atoms with E-state index in [0.29, 0.717) is 0 Å². The van der Waals surface area contributed by atoms with Crippen LogP contribution in [0.4, 0.5) is 10.5 Å². The molecule has 1 aromatic heterocycles. The fourth-order valence-corrected chi connectivity index (χ4v) is 2.38. The number of benzene rings is 1. The minimum absolute atomic E-state index is 0.0407. The fraction of sp³-hybridized carbons (Fsp3) is 0.429. The van der Waals surface area contributed by atoms with Gasteiger partial charge in [0.25, 0.3) is 0 Å². The number of rotatable bonds is 2. The maximum atomic E-state index is 12.1. The highest BCUT2D eigenvalue weighted by atomic mass is 16.2. The number of urea groups is 1. The molecular formula is C14H19N5O. The smallest absolute Gasteiger partial charge is 0.321 e. The molecule has 2 heterocycles. The third kappa shape index (κ3) is 2.60. The van der Waals surface area contributed by atoms with E-state index in [2.05, 4.69) is 27.5 Å². The summed E-state index contributed by atoms with van der Waals surface area (Å²) in [4.78, 5) is 21.7. The Morgan fingerprint density at radius 1 is 1.40 bits per heavy atom. The lowest BCUT2D eigenvalue weighted by Crippen LogP contribution is -2.48. The van der Waals surface area contributed by atoms with Crippen LogP contribution in [0.3, 0.4) is 0 Å². The average Bonchev–Trinajstić information content (AvgIpc) is 2.90. The number of aromatic amines is 1. The van der Waals surface area contributed by atoms with Crippen molar-refractivity contribution >= 4 is 22.8 Å². The number of piperazine rings is 1. The van der Waals surface area contributed by atoms with E-state index in [1.54, 1.807) is 0 Å². The first-order chi connectivity index (χ1) is 9.76. The standard InChI is InChI=1S/C14H19N5O/c1-2-13-17-11-4-3-10(9-12(11)18-13)16-14(20)19-7-5-15-6-8-19/h3-4,9,15H,2,5-8H2,1H3,(H,16,20)(H,17,18). The molecule has 0 bridgehead atoms. The molecule has 1 saturated heterocycles. The molecule has 1 fully saturated rings. The zero-order valence-electron chi connectivity index (χ0n) is 11.6. The topological polar surface area (TPSA) is 73.1 Å². The number of hydrogen-bond donors (Lipinski definition) is 3. The van der Waals surface area contributed by atoms with Crippen molar-refractivity contribution in [2.24, 2.45) is 0 Å². The molecule has 1 aromatic carbocycles. The Balaban J connectivity index is 1.74. The number of carbonyl (C=O) groups excluding carboxylic acids is 1. The van der Waals surface area contributed by atoms with Gasteiger partial charge in [-0.05, 0) is 18.2 Å². The van der Waals surface area contributed by atoms with Gasteiger partial charge in [-0.15, -0.1) is 0 Å². The molecule has 1 aliphatic heterocycles. The van der Waals surface area contributed by atoms with Crippen LogP contribution in [0.1, 0.15) is 12.7 Å². The lowest BCUT2D eigenvalue weighted by molar-refractivity contribution is 0.204. The van der Waals surface area contributed by atoms with Crippen molar-refractivity contribution in [2.45, 2.75) is 13.3 Å². The summed E-state index contributed by atoms with van der Waals surface area (Å²) in [7, 11) is 0. The molecule has 0 radical (unpaired) electrons. The second-order valence-corrected chi connectivity index (χ2v) is 4.94. The third-order valence-corrected chi connectivity index (χ3v) is 3.52. The van der Waals surface area contributed by atoms with Crippen LogP contribution in [0.25, 0.3) is 11.0 Å². The first-order valence-corrected chi connectivity index (χ1v) is 7.01. The van der Waals surface area contributed by atoms with Crippen LogP contribution in [0.15, 0.2) is 18.2 Å². The summed E-state index contributed by atoms with van der Waals surface area (Å²) in [5, 5.41) is 6.17. The molecular weight excluding hydrogens is 254 g/mol. The molecule has 0 saturated carbocycles. The van der Waals surface area contributed by atoms with Crippen LogP contribution in [0.5, 0.6) is 0 Å². The van der Waals surface area contributed by atoms with E-state index >= 15 is 0 Å². The number of nitrogens with zero attached hydrogens (tertiary/aromatic N) is 2. The van der Waals surface area contributed by atoms with E-state index in [-0.39, 0.29) is 6.03 Å². The molecule has 0 unspecified atom stereocenters. The number of aromatic nitrogens is 2. The summed E-state index contributed by atoms with van der Waals surface area (Å²) in [5.74, 6) is 0.964. The lowest BCUT2D eigenvalue weighted by atomic mass is 10.3.